The first-order valence-electron chi connectivity index (χ1n) is 4.90. The molecule has 0 amide bonds. The van der Waals surface area contributed by atoms with Gasteiger partial charge >= 0.3 is 0 Å². The highest BCUT2D eigenvalue weighted by molar-refractivity contribution is 7.10. The van der Waals surface area contributed by atoms with Crippen molar-refractivity contribution in [1.29, 1.82) is 0 Å². The van der Waals surface area contributed by atoms with Crippen LogP contribution in [0.3, 0.4) is 0 Å². The van der Waals surface area contributed by atoms with E-state index in [1.807, 2.05) is 12.3 Å². The fourth-order valence-electron chi connectivity index (χ4n) is 1.69. The maximum Gasteiger partial charge on any atom is 0.0580 e. The molecule has 0 aliphatic heterocycles. The van der Waals surface area contributed by atoms with Crippen LogP contribution in [0.1, 0.15) is 27.6 Å². The van der Waals surface area contributed by atoms with Crippen molar-refractivity contribution >= 4 is 11.3 Å². The van der Waals surface area contributed by atoms with Gasteiger partial charge in [-0.25, -0.2) is 0 Å². The van der Waals surface area contributed by atoms with Crippen LogP contribution < -0.4 is 5.73 Å². The molecule has 0 aliphatic rings. The predicted molar refractivity (Wildman–Crippen MR) is 64.1 cm³/mol. The summed E-state index contributed by atoms with van der Waals surface area (Å²) in [5.74, 6) is 0. The maximum atomic E-state index is 6.23. The van der Waals surface area contributed by atoms with Gasteiger partial charge in [-0.3, -0.25) is 4.98 Å². The Hall–Kier alpha value is -1.19. The number of pyridine rings is 1. The van der Waals surface area contributed by atoms with Crippen LogP contribution in [0.25, 0.3) is 0 Å². The van der Waals surface area contributed by atoms with Gasteiger partial charge in [-0.1, -0.05) is 0 Å². The molecule has 2 N–H and O–H groups in total. The molecule has 0 radical (unpaired) electrons. The SMILES string of the molecule is Cc1ccncc1C(N)c1ccsc1C. The predicted octanol–water partition coefficient (Wildman–Crippen LogP) is 2.81. The van der Waals surface area contributed by atoms with Crippen LogP contribution in [-0.2, 0) is 0 Å². The molecule has 0 fully saturated rings. The van der Waals surface area contributed by atoms with E-state index in [-0.39, 0.29) is 6.04 Å². The first-order chi connectivity index (χ1) is 7.20. The molecule has 0 spiro atoms. The van der Waals surface area contributed by atoms with Crippen molar-refractivity contribution < 1.29 is 0 Å². The van der Waals surface area contributed by atoms with Gasteiger partial charge in [0.1, 0.15) is 0 Å². The van der Waals surface area contributed by atoms with Gasteiger partial charge < -0.3 is 5.73 Å². The third-order valence-corrected chi connectivity index (χ3v) is 3.51. The van der Waals surface area contributed by atoms with E-state index in [0.29, 0.717) is 0 Å². The smallest absolute Gasteiger partial charge is 0.0580 e. The van der Waals surface area contributed by atoms with E-state index in [1.54, 1.807) is 17.5 Å². The molecule has 2 aromatic heterocycles. The second kappa shape index (κ2) is 4.13. The topological polar surface area (TPSA) is 38.9 Å². The summed E-state index contributed by atoms with van der Waals surface area (Å²) in [4.78, 5) is 5.41. The van der Waals surface area contributed by atoms with Gasteiger partial charge in [0.2, 0.25) is 0 Å². The summed E-state index contributed by atoms with van der Waals surface area (Å²) in [6.45, 7) is 4.17. The van der Waals surface area contributed by atoms with Crippen LogP contribution in [0.2, 0.25) is 0 Å². The number of thiophene rings is 1. The van der Waals surface area contributed by atoms with Crippen LogP contribution in [0, 0.1) is 13.8 Å². The molecule has 78 valence electrons. The van der Waals surface area contributed by atoms with Crippen LogP contribution >= 0.6 is 11.3 Å². The monoisotopic (exact) mass is 218 g/mol. The fraction of sp³-hybridized carbons (Fsp3) is 0.250. The first-order valence-corrected chi connectivity index (χ1v) is 5.78. The average Bonchev–Trinajstić information content (AvgIpc) is 2.64. The van der Waals surface area contributed by atoms with Gasteiger partial charge in [0.05, 0.1) is 6.04 Å². The molecule has 1 atom stereocenters. The molecule has 2 aromatic rings. The summed E-state index contributed by atoms with van der Waals surface area (Å²) < 4.78 is 0. The van der Waals surface area contributed by atoms with E-state index < -0.39 is 0 Å². The van der Waals surface area contributed by atoms with Crippen molar-refractivity contribution in [3.05, 3.63) is 51.5 Å². The minimum atomic E-state index is -0.0510. The number of hydrogen-bond acceptors (Lipinski definition) is 3. The Bertz CT molecular complexity index is 462. The number of nitrogens with two attached hydrogens (primary N) is 1. The Morgan fingerprint density at radius 2 is 2.07 bits per heavy atom. The maximum absolute atomic E-state index is 6.23. The zero-order valence-electron chi connectivity index (χ0n) is 8.90. The third-order valence-electron chi connectivity index (χ3n) is 2.65. The zero-order valence-corrected chi connectivity index (χ0v) is 9.71. The molecule has 15 heavy (non-hydrogen) atoms. The van der Waals surface area contributed by atoms with Crippen LogP contribution in [0.5, 0.6) is 0 Å². The minimum absolute atomic E-state index is 0.0510. The Morgan fingerprint density at radius 1 is 1.27 bits per heavy atom. The van der Waals surface area contributed by atoms with Gasteiger partial charge in [-0.05, 0) is 48.1 Å². The lowest BCUT2D eigenvalue weighted by molar-refractivity contribution is 0.851. The molecule has 0 bridgehead atoms. The molecule has 1 unspecified atom stereocenters. The van der Waals surface area contributed by atoms with Crippen LogP contribution in [0.15, 0.2) is 29.9 Å². The van der Waals surface area contributed by atoms with E-state index in [1.165, 1.54) is 16.0 Å². The van der Waals surface area contributed by atoms with Crippen LogP contribution in [-0.4, -0.2) is 4.98 Å². The molecule has 2 rings (SSSR count). The quantitative estimate of drug-likeness (QED) is 0.841. The van der Waals surface area contributed by atoms with Gasteiger partial charge in [-0.15, -0.1) is 11.3 Å². The molecule has 0 aliphatic carbocycles. The van der Waals surface area contributed by atoms with Gasteiger partial charge in [0.25, 0.3) is 0 Å². The average molecular weight is 218 g/mol. The second-order valence-electron chi connectivity index (χ2n) is 3.64. The lowest BCUT2D eigenvalue weighted by atomic mass is 9.98. The minimum Gasteiger partial charge on any atom is -0.320 e. The number of aryl methyl sites for hydroxylation is 2. The van der Waals surface area contributed by atoms with E-state index in [9.17, 15) is 0 Å². The standard InChI is InChI=1S/C12H14N2S/c1-8-3-5-14-7-11(8)12(13)10-4-6-15-9(10)2/h3-7,12H,13H2,1-2H3. The fourth-order valence-corrected chi connectivity index (χ4v) is 2.44. The highest BCUT2D eigenvalue weighted by Crippen LogP contribution is 2.27. The Labute approximate surface area is 93.8 Å². The normalized spacial score (nSPS) is 12.7. The molecule has 0 saturated heterocycles. The molecule has 3 heteroatoms. The summed E-state index contributed by atoms with van der Waals surface area (Å²) in [5.41, 5.74) is 9.74. The van der Waals surface area contributed by atoms with Crippen molar-refractivity contribution in [1.82, 2.24) is 4.98 Å². The first kappa shape index (κ1) is 10.3. The molecule has 2 nitrogen and oxygen atoms in total. The highest BCUT2D eigenvalue weighted by Gasteiger charge is 2.14. The summed E-state index contributed by atoms with van der Waals surface area (Å²) in [5, 5.41) is 2.08. The molecule has 0 aromatic carbocycles. The van der Waals surface area contributed by atoms with Gasteiger partial charge in [0.15, 0.2) is 0 Å². The zero-order chi connectivity index (χ0) is 10.8. The van der Waals surface area contributed by atoms with Crippen molar-refractivity contribution in [2.75, 3.05) is 0 Å². The molecular weight excluding hydrogens is 204 g/mol. The number of rotatable bonds is 2. The summed E-state index contributed by atoms with van der Waals surface area (Å²) in [7, 11) is 0. The van der Waals surface area contributed by atoms with Crippen molar-refractivity contribution in [2.24, 2.45) is 5.73 Å². The van der Waals surface area contributed by atoms with E-state index in [4.69, 9.17) is 5.73 Å². The van der Waals surface area contributed by atoms with Crippen molar-refractivity contribution in [3.8, 4) is 0 Å². The highest BCUT2D eigenvalue weighted by atomic mass is 32.1. The Morgan fingerprint density at radius 3 is 2.67 bits per heavy atom. The Balaban J connectivity index is 2.41. The lowest BCUT2D eigenvalue weighted by Crippen LogP contribution is -2.13. The summed E-state index contributed by atoms with van der Waals surface area (Å²) in [6, 6.07) is 4.04. The van der Waals surface area contributed by atoms with Gasteiger partial charge in [-0.2, -0.15) is 0 Å². The van der Waals surface area contributed by atoms with E-state index >= 15 is 0 Å². The largest absolute Gasteiger partial charge is 0.320 e. The number of nitrogens with zero attached hydrogens (tertiary/aromatic N) is 1. The number of hydrogen-bond donors (Lipinski definition) is 1. The van der Waals surface area contributed by atoms with E-state index in [2.05, 4.69) is 30.3 Å². The lowest BCUT2D eigenvalue weighted by Gasteiger charge is -2.13. The number of aromatic nitrogens is 1. The third kappa shape index (κ3) is 1.94. The van der Waals surface area contributed by atoms with Crippen LogP contribution in [0.4, 0.5) is 0 Å². The summed E-state index contributed by atoms with van der Waals surface area (Å²) in [6.07, 6.45) is 3.66. The Kier molecular flexibility index (Phi) is 2.84. The molecule has 2 heterocycles. The molecule has 0 saturated carbocycles. The van der Waals surface area contributed by atoms with E-state index in [0.717, 1.165) is 5.56 Å². The van der Waals surface area contributed by atoms with Crippen molar-refractivity contribution in [3.63, 3.8) is 0 Å². The second-order valence-corrected chi connectivity index (χ2v) is 4.76. The van der Waals surface area contributed by atoms with Gasteiger partial charge in [0, 0.05) is 17.3 Å². The summed E-state index contributed by atoms with van der Waals surface area (Å²) >= 11 is 1.73. The molecular formula is C12H14N2S. The van der Waals surface area contributed by atoms with Crippen molar-refractivity contribution in [2.45, 2.75) is 19.9 Å².